The average molecular weight is 207 g/mol. The molecule has 82 valence electrons. The Morgan fingerprint density at radius 3 is 2.67 bits per heavy atom. The van der Waals surface area contributed by atoms with Gasteiger partial charge in [-0.3, -0.25) is 9.78 Å². The minimum absolute atomic E-state index is 0.0897. The molecule has 0 saturated heterocycles. The molecule has 1 amide bonds. The summed E-state index contributed by atoms with van der Waals surface area (Å²) in [4.78, 5) is 15.6. The molecule has 1 rings (SSSR count). The molecule has 0 aliphatic carbocycles. The molecule has 1 aromatic rings. The van der Waals surface area contributed by atoms with E-state index >= 15 is 0 Å². The van der Waals surface area contributed by atoms with Crippen molar-refractivity contribution < 1.29 is 4.79 Å². The van der Waals surface area contributed by atoms with Gasteiger partial charge in [0.1, 0.15) is 0 Å². The summed E-state index contributed by atoms with van der Waals surface area (Å²) in [5.74, 6) is -0.0897. The van der Waals surface area contributed by atoms with Gasteiger partial charge >= 0.3 is 0 Å². The van der Waals surface area contributed by atoms with Crippen LogP contribution in [0.5, 0.6) is 0 Å². The lowest BCUT2D eigenvalue weighted by molar-refractivity contribution is -0.117. The Balaban J connectivity index is 2.55. The summed E-state index contributed by atoms with van der Waals surface area (Å²) in [6, 6.07) is 3.67. The Bertz CT molecular complexity index is 338. The van der Waals surface area contributed by atoms with Crippen LogP contribution in [0.15, 0.2) is 18.3 Å². The topological polar surface area (TPSA) is 68.0 Å². The van der Waals surface area contributed by atoms with Crippen LogP contribution in [0, 0.1) is 6.92 Å². The average Bonchev–Trinajstić information content (AvgIpc) is 2.05. The molecule has 0 atom stereocenters. The number of nitrogens with one attached hydrogen (secondary N) is 1. The highest BCUT2D eigenvalue weighted by molar-refractivity contribution is 5.91. The smallest absolute Gasteiger partial charge is 0.226 e. The number of rotatable bonds is 3. The van der Waals surface area contributed by atoms with Gasteiger partial charge in [-0.05, 0) is 32.9 Å². The summed E-state index contributed by atoms with van der Waals surface area (Å²) in [7, 11) is 0. The molecule has 1 heterocycles. The molecule has 0 spiro atoms. The number of carbonyl (C=O) groups is 1. The lowest BCUT2D eigenvalue weighted by Crippen LogP contribution is -2.36. The molecule has 0 aromatic carbocycles. The summed E-state index contributed by atoms with van der Waals surface area (Å²) in [6.07, 6.45) is 1.93. The molecule has 0 radical (unpaired) electrons. The Morgan fingerprint density at radius 1 is 1.53 bits per heavy atom. The summed E-state index contributed by atoms with van der Waals surface area (Å²) in [5, 5.41) is 2.74. The van der Waals surface area contributed by atoms with Gasteiger partial charge in [0.15, 0.2) is 0 Å². The highest BCUT2D eigenvalue weighted by Gasteiger charge is 2.16. The van der Waals surface area contributed by atoms with E-state index in [0.717, 1.165) is 5.69 Å². The van der Waals surface area contributed by atoms with Gasteiger partial charge in [0, 0.05) is 17.7 Å². The molecule has 0 bridgehead atoms. The Hall–Kier alpha value is -1.42. The maximum Gasteiger partial charge on any atom is 0.226 e. The molecule has 4 heteroatoms. The van der Waals surface area contributed by atoms with Gasteiger partial charge in [-0.25, -0.2) is 0 Å². The number of hydrogen-bond acceptors (Lipinski definition) is 3. The number of aromatic nitrogens is 1. The van der Waals surface area contributed by atoms with Crippen LogP contribution < -0.4 is 11.1 Å². The number of nitrogens with zero attached hydrogens (tertiary/aromatic N) is 1. The van der Waals surface area contributed by atoms with E-state index in [1.807, 2.05) is 32.9 Å². The second kappa shape index (κ2) is 4.40. The number of hydrogen-bond donors (Lipinski definition) is 2. The zero-order chi connectivity index (χ0) is 11.5. The molecule has 4 nitrogen and oxygen atoms in total. The highest BCUT2D eigenvalue weighted by atomic mass is 16.1. The first-order valence-corrected chi connectivity index (χ1v) is 4.88. The zero-order valence-electron chi connectivity index (χ0n) is 9.37. The van der Waals surface area contributed by atoms with E-state index < -0.39 is 5.54 Å². The molecule has 3 N–H and O–H groups in total. The Kier molecular flexibility index (Phi) is 3.42. The zero-order valence-corrected chi connectivity index (χ0v) is 9.37. The largest absolute Gasteiger partial charge is 0.325 e. The predicted octanol–water partition coefficient (Wildman–Crippen LogP) is 1.46. The van der Waals surface area contributed by atoms with Crippen LogP contribution in [0.2, 0.25) is 0 Å². The number of aryl methyl sites for hydroxylation is 1. The lowest BCUT2D eigenvalue weighted by atomic mass is 10.0. The molecule has 1 aromatic heterocycles. The van der Waals surface area contributed by atoms with Gasteiger partial charge in [-0.15, -0.1) is 0 Å². The molecule has 0 aliphatic heterocycles. The molecule has 0 aliphatic rings. The fraction of sp³-hybridized carbons (Fsp3) is 0.455. The van der Waals surface area contributed by atoms with Crippen LogP contribution in [-0.4, -0.2) is 16.4 Å². The van der Waals surface area contributed by atoms with Gasteiger partial charge in [-0.2, -0.15) is 0 Å². The van der Waals surface area contributed by atoms with Gasteiger partial charge in [0.2, 0.25) is 5.91 Å². The second-order valence-corrected chi connectivity index (χ2v) is 4.40. The van der Waals surface area contributed by atoms with Crippen molar-refractivity contribution in [3.8, 4) is 0 Å². The number of anilines is 1. The van der Waals surface area contributed by atoms with Gasteiger partial charge < -0.3 is 11.1 Å². The summed E-state index contributed by atoms with van der Waals surface area (Å²) in [5.41, 5.74) is 6.88. The monoisotopic (exact) mass is 207 g/mol. The van der Waals surface area contributed by atoms with E-state index in [4.69, 9.17) is 5.73 Å². The lowest BCUT2D eigenvalue weighted by Gasteiger charge is -2.17. The van der Waals surface area contributed by atoms with E-state index in [9.17, 15) is 4.79 Å². The van der Waals surface area contributed by atoms with Gasteiger partial charge in [0.25, 0.3) is 0 Å². The number of amides is 1. The predicted molar refractivity (Wildman–Crippen MR) is 60.5 cm³/mol. The van der Waals surface area contributed by atoms with Crippen molar-refractivity contribution in [1.82, 2.24) is 4.98 Å². The first-order chi connectivity index (χ1) is 6.87. The quantitative estimate of drug-likeness (QED) is 0.788. The third-order valence-corrected chi connectivity index (χ3v) is 1.81. The second-order valence-electron chi connectivity index (χ2n) is 4.40. The maximum absolute atomic E-state index is 11.5. The van der Waals surface area contributed by atoms with Crippen molar-refractivity contribution in [2.75, 3.05) is 5.32 Å². The molecule has 0 unspecified atom stereocenters. The van der Waals surface area contributed by atoms with Gasteiger partial charge in [0.05, 0.1) is 11.9 Å². The van der Waals surface area contributed by atoms with Crippen molar-refractivity contribution in [2.45, 2.75) is 32.7 Å². The number of pyridine rings is 1. The maximum atomic E-state index is 11.5. The van der Waals surface area contributed by atoms with Crippen molar-refractivity contribution in [1.29, 1.82) is 0 Å². The highest BCUT2D eigenvalue weighted by Crippen LogP contribution is 2.09. The third kappa shape index (κ3) is 4.56. The summed E-state index contributed by atoms with van der Waals surface area (Å²) >= 11 is 0. The molecular weight excluding hydrogens is 190 g/mol. The van der Waals surface area contributed by atoms with E-state index in [1.54, 1.807) is 6.20 Å². The normalized spacial score (nSPS) is 11.2. The molecule has 0 fully saturated rings. The minimum Gasteiger partial charge on any atom is -0.325 e. The third-order valence-electron chi connectivity index (χ3n) is 1.81. The minimum atomic E-state index is -0.484. The number of carbonyl (C=O) groups excluding carboxylic acids is 1. The van der Waals surface area contributed by atoms with Crippen molar-refractivity contribution in [3.05, 3.63) is 24.0 Å². The summed E-state index contributed by atoms with van der Waals surface area (Å²) in [6.45, 7) is 5.54. The first kappa shape index (κ1) is 11.7. The summed E-state index contributed by atoms with van der Waals surface area (Å²) < 4.78 is 0. The number of nitrogens with two attached hydrogens (primary N) is 1. The van der Waals surface area contributed by atoms with Crippen LogP contribution >= 0.6 is 0 Å². The van der Waals surface area contributed by atoms with Crippen LogP contribution in [-0.2, 0) is 4.79 Å². The Labute approximate surface area is 89.9 Å². The van der Waals surface area contributed by atoms with E-state index in [1.165, 1.54) is 0 Å². The van der Waals surface area contributed by atoms with Crippen molar-refractivity contribution in [2.24, 2.45) is 5.73 Å². The first-order valence-electron chi connectivity index (χ1n) is 4.88. The van der Waals surface area contributed by atoms with E-state index in [-0.39, 0.29) is 5.91 Å². The SMILES string of the molecule is Cc1ccc(NC(=O)CC(C)(C)N)cn1. The van der Waals surface area contributed by atoms with Crippen LogP contribution in [0.4, 0.5) is 5.69 Å². The van der Waals surface area contributed by atoms with Crippen LogP contribution in [0.3, 0.4) is 0 Å². The molecule has 0 saturated carbocycles. The van der Waals surface area contributed by atoms with E-state index in [0.29, 0.717) is 12.1 Å². The standard InChI is InChI=1S/C11H17N3O/c1-8-4-5-9(7-13-8)14-10(15)6-11(2,3)12/h4-5,7H,6,12H2,1-3H3,(H,14,15). The fourth-order valence-corrected chi connectivity index (χ4v) is 1.16. The molecular formula is C11H17N3O. The Morgan fingerprint density at radius 2 is 2.20 bits per heavy atom. The van der Waals surface area contributed by atoms with Gasteiger partial charge in [-0.1, -0.05) is 0 Å². The van der Waals surface area contributed by atoms with Crippen molar-refractivity contribution in [3.63, 3.8) is 0 Å². The van der Waals surface area contributed by atoms with E-state index in [2.05, 4.69) is 10.3 Å². The van der Waals surface area contributed by atoms with Crippen LogP contribution in [0.1, 0.15) is 26.0 Å². The van der Waals surface area contributed by atoms with Crippen LogP contribution in [0.25, 0.3) is 0 Å². The fourth-order valence-electron chi connectivity index (χ4n) is 1.16. The van der Waals surface area contributed by atoms with Crippen molar-refractivity contribution >= 4 is 11.6 Å². The molecule has 15 heavy (non-hydrogen) atoms.